The Hall–Kier alpha value is -3.62. The predicted molar refractivity (Wildman–Crippen MR) is 88.8 cm³/mol. The van der Waals surface area contributed by atoms with E-state index in [0.717, 1.165) is 4.40 Å². The van der Waals surface area contributed by atoms with E-state index in [-0.39, 0.29) is 5.82 Å². The molecule has 4 rings (SSSR count). The maximum absolute atomic E-state index is 12.4. The smallest absolute Gasteiger partial charge is 0.376 e. The fourth-order valence-corrected chi connectivity index (χ4v) is 2.59. The lowest BCUT2D eigenvalue weighted by Crippen LogP contribution is -2.20. The Labute approximate surface area is 140 Å². The van der Waals surface area contributed by atoms with Gasteiger partial charge in [-0.2, -0.15) is 0 Å². The van der Waals surface area contributed by atoms with Crippen LogP contribution in [-0.4, -0.2) is 27.5 Å². The molecule has 126 valence electrons. The van der Waals surface area contributed by atoms with E-state index in [1.807, 2.05) is 0 Å². The van der Waals surface area contributed by atoms with Crippen molar-refractivity contribution in [1.29, 1.82) is 0 Å². The van der Waals surface area contributed by atoms with Gasteiger partial charge in [-0.25, -0.2) is 4.98 Å². The lowest BCUT2D eigenvalue weighted by molar-refractivity contribution is -0.385. The molecule has 3 heterocycles. The van der Waals surface area contributed by atoms with Gasteiger partial charge in [0.1, 0.15) is 18.9 Å². The molecule has 2 aromatic heterocycles. The summed E-state index contributed by atoms with van der Waals surface area (Å²) >= 11 is 0. The summed E-state index contributed by atoms with van der Waals surface area (Å²) in [6.45, 7) is 0.889. The first-order chi connectivity index (χ1) is 12.1. The van der Waals surface area contributed by atoms with Gasteiger partial charge in [-0.05, 0) is 24.3 Å². The van der Waals surface area contributed by atoms with Gasteiger partial charge in [0.2, 0.25) is 5.82 Å². The molecule has 0 spiro atoms. The molecule has 0 aliphatic carbocycles. The molecule has 0 saturated carbocycles. The number of aromatic nitrogens is 2. The zero-order valence-electron chi connectivity index (χ0n) is 12.8. The van der Waals surface area contributed by atoms with Crippen LogP contribution in [0.3, 0.4) is 0 Å². The Balaban J connectivity index is 1.82. The minimum atomic E-state index is -0.754. The second-order valence-corrected chi connectivity index (χ2v) is 5.28. The lowest BCUT2D eigenvalue weighted by Gasteiger charge is -2.19. The molecule has 25 heavy (non-hydrogen) atoms. The summed E-state index contributed by atoms with van der Waals surface area (Å²) in [5.74, 6) is 0.993. The van der Waals surface area contributed by atoms with E-state index in [9.17, 15) is 14.9 Å². The first-order valence-electron chi connectivity index (χ1n) is 7.46. The van der Waals surface area contributed by atoms with E-state index in [4.69, 9.17) is 9.47 Å². The zero-order valence-corrected chi connectivity index (χ0v) is 12.8. The zero-order chi connectivity index (χ0) is 17.4. The molecule has 0 saturated heterocycles. The Morgan fingerprint density at radius 2 is 1.96 bits per heavy atom. The summed E-state index contributed by atoms with van der Waals surface area (Å²) in [7, 11) is 0. The van der Waals surface area contributed by atoms with Gasteiger partial charge >= 0.3 is 11.2 Å². The minimum absolute atomic E-state index is 0.127. The van der Waals surface area contributed by atoms with Crippen LogP contribution in [0.2, 0.25) is 0 Å². The second-order valence-electron chi connectivity index (χ2n) is 5.28. The fourth-order valence-electron chi connectivity index (χ4n) is 2.59. The van der Waals surface area contributed by atoms with Crippen LogP contribution in [0.1, 0.15) is 0 Å². The van der Waals surface area contributed by atoms with E-state index in [2.05, 4.69) is 10.3 Å². The van der Waals surface area contributed by atoms with Crippen LogP contribution in [0.15, 0.2) is 47.4 Å². The molecule has 0 bridgehead atoms. The van der Waals surface area contributed by atoms with Crippen molar-refractivity contribution in [1.82, 2.24) is 9.38 Å². The Morgan fingerprint density at radius 1 is 1.16 bits per heavy atom. The van der Waals surface area contributed by atoms with Gasteiger partial charge in [-0.1, -0.05) is 6.07 Å². The highest BCUT2D eigenvalue weighted by atomic mass is 16.6. The van der Waals surface area contributed by atoms with Crippen molar-refractivity contribution >= 4 is 22.8 Å². The van der Waals surface area contributed by atoms with Crippen LogP contribution in [0.5, 0.6) is 11.5 Å². The summed E-state index contributed by atoms with van der Waals surface area (Å²) in [5.41, 5.74) is -0.577. The first-order valence-corrected chi connectivity index (χ1v) is 7.46. The number of hydrogen-bond acceptors (Lipinski definition) is 7. The number of pyridine rings is 1. The number of anilines is 2. The van der Waals surface area contributed by atoms with Crippen LogP contribution in [0.4, 0.5) is 17.2 Å². The van der Waals surface area contributed by atoms with Gasteiger partial charge in [0.25, 0.3) is 0 Å². The van der Waals surface area contributed by atoms with Crippen LogP contribution < -0.4 is 20.3 Å². The molecule has 1 N–H and O–H groups in total. The third-order valence-corrected chi connectivity index (χ3v) is 3.70. The van der Waals surface area contributed by atoms with E-state index in [1.165, 1.54) is 6.20 Å². The van der Waals surface area contributed by atoms with Crippen LogP contribution in [0, 0.1) is 10.1 Å². The number of ether oxygens (including phenoxy) is 2. The second kappa shape index (κ2) is 5.78. The van der Waals surface area contributed by atoms with Gasteiger partial charge in [-0.15, -0.1) is 0 Å². The highest BCUT2D eigenvalue weighted by molar-refractivity contribution is 5.69. The van der Waals surface area contributed by atoms with Crippen LogP contribution >= 0.6 is 0 Å². The minimum Gasteiger partial charge on any atom is -0.486 e. The molecule has 0 amide bonds. The van der Waals surface area contributed by atoms with E-state index >= 15 is 0 Å². The largest absolute Gasteiger partial charge is 0.486 e. The highest BCUT2D eigenvalue weighted by Gasteiger charge is 2.24. The van der Waals surface area contributed by atoms with Crippen LogP contribution in [-0.2, 0) is 0 Å². The fraction of sp³-hybridized carbons (Fsp3) is 0.125. The summed E-state index contributed by atoms with van der Waals surface area (Å²) < 4.78 is 12.1. The third-order valence-electron chi connectivity index (χ3n) is 3.70. The normalized spacial score (nSPS) is 12.8. The molecule has 1 aromatic carbocycles. The van der Waals surface area contributed by atoms with Crippen molar-refractivity contribution in [3.05, 3.63) is 63.1 Å². The number of hydrogen-bond donors (Lipinski definition) is 1. The molecular weight excluding hydrogens is 328 g/mol. The van der Waals surface area contributed by atoms with Crippen molar-refractivity contribution in [3.63, 3.8) is 0 Å². The number of nitrogens with one attached hydrogen (secondary N) is 1. The number of nitrogens with zero attached hydrogens (tertiary/aromatic N) is 3. The van der Waals surface area contributed by atoms with E-state index in [1.54, 1.807) is 36.4 Å². The first kappa shape index (κ1) is 14.9. The maximum Gasteiger partial charge on any atom is 0.376 e. The summed E-state index contributed by atoms with van der Waals surface area (Å²) in [6, 6.07) is 9.91. The number of benzene rings is 1. The molecule has 3 aromatic rings. The van der Waals surface area contributed by atoms with Crippen LogP contribution in [0.25, 0.3) is 5.65 Å². The molecule has 0 fully saturated rings. The molecular formula is C16H12N4O5. The molecule has 0 atom stereocenters. The quantitative estimate of drug-likeness (QED) is 0.574. The summed E-state index contributed by atoms with van der Waals surface area (Å²) in [6.07, 6.45) is 1.44. The van der Waals surface area contributed by atoms with Gasteiger partial charge < -0.3 is 14.8 Å². The third kappa shape index (κ3) is 2.61. The lowest BCUT2D eigenvalue weighted by atomic mass is 10.2. The van der Waals surface area contributed by atoms with Crippen molar-refractivity contribution < 1.29 is 14.4 Å². The summed E-state index contributed by atoms with van der Waals surface area (Å²) in [4.78, 5) is 27.2. The molecule has 9 nitrogen and oxygen atoms in total. The molecule has 1 aliphatic rings. The SMILES string of the molecule is O=c1c([N+](=O)[O-])c(Nc2ccc3c(c2)OCCO3)nc2ccccn12. The van der Waals surface area contributed by atoms with E-state index < -0.39 is 16.2 Å². The Morgan fingerprint density at radius 3 is 2.76 bits per heavy atom. The average Bonchev–Trinajstić information content (AvgIpc) is 2.61. The number of nitro groups is 1. The number of fused-ring (bicyclic) bond motifs is 2. The van der Waals surface area contributed by atoms with Crippen molar-refractivity contribution in [2.45, 2.75) is 0 Å². The molecule has 0 unspecified atom stereocenters. The topological polar surface area (TPSA) is 108 Å². The van der Waals surface area contributed by atoms with Gasteiger partial charge in [0, 0.05) is 18.0 Å². The standard InChI is InChI=1S/C16H12N4O5/c21-16-14(20(22)23)15(18-13-3-1-2-6-19(13)16)17-10-4-5-11-12(9-10)25-8-7-24-11/h1-6,9,17H,7-8H2. The predicted octanol–water partition coefficient (Wildman–Crippen LogP) is 2.12. The Kier molecular flexibility index (Phi) is 3.46. The van der Waals surface area contributed by atoms with Gasteiger partial charge in [0.15, 0.2) is 11.5 Å². The average molecular weight is 340 g/mol. The maximum atomic E-state index is 12.4. The summed E-state index contributed by atoms with van der Waals surface area (Å²) in [5, 5.41) is 14.2. The molecule has 9 heteroatoms. The van der Waals surface area contributed by atoms with Crippen molar-refractivity contribution in [2.24, 2.45) is 0 Å². The van der Waals surface area contributed by atoms with Gasteiger partial charge in [-0.3, -0.25) is 19.3 Å². The van der Waals surface area contributed by atoms with Crippen molar-refractivity contribution in [3.8, 4) is 11.5 Å². The van der Waals surface area contributed by atoms with Gasteiger partial charge in [0.05, 0.1) is 4.92 Å². The molecule has 1 aliphatic heterocycles. The highest BCUT2D eigenvalue weighted by Crippen LogP contribution is 2.34. The molecule has 0 radical (unpaired) electrons. The van der Waals surface area contributed by atoms with Crippen molar-refractivity contribution in [2.75, 3.05) is 18.5 Å². The number of rotatable bonds is 3. The Bertz CT molecular complexity index is 1050. The van der Waals surface area contributed by atoms with E-state index in [0.29, 0.717) is 36.0 Å². The monoisotopic (exact) mass is 340 g/mol.